The van der Waals surface area contributed by atoms with Crippen molar-refractivity contribution < 1.29 is 17.6 Å². The van der Waals surface area contributed by atoms with Gasteiger partial charge < -0.3 is 15.1 Å². The van der Waals surface area contributed by atoms with Gasteiger partial charge in [0.15, 0.2) is 15.0 Å². The summed E-state index contributed by atoms with van der Waals surface area (Å²) in [7, 11) is -2.96. The Labute approximate surface area is 161 Å². The molecule has 2 N–H and O–H groups in total. The molecule has 2 aromatic rings. The van der Waals surface area contributed by atoms with Crippen LogP contribution in [0.4, 0.5) is 5.69 Å². The van der Waals surface area contributed by atoms with E-state index in [1.165, 1.54) is 11.8 Å². The van der Waals surface area contributed by atoms with Gasteiger partial charge in [0, 0.05) is 29.5 Å². The van der Waals surface area contributed by atoms with Gasteiger partial charge in [-0.3, -0.25) is 9.79 Å². The zero-order valence-electron chi connectivity index (χ0n) is 14.4. The van der Waals surface area contributed by atoms with E-state index in [0.717, 1.165) is 11.4 Å². The van der Waals surface area contributed by atoms with E-state index in [-0.39, 0.29) is 28.7 Å². The van der Waals surface area contributed by atoms with Crippen LogP contribution in [-0.2, 0) is 16.3 Å². The van der Waals surface area contributed by atoms with Gasteiger partial charge in [0.05, 0.1) is 23.8 Å². The molecular weight excluding hydrogens is 386 g/mol. The Hall–Kier alpha value is -2.26. The quantitative estimate of drug-likeness (QED) is 0.788. The van der Waals surface area contributed by atoms with E-state index < -0.39 is 9.84 Å². The van der Waals surface area contributed by atoms with Gasteiger partial charge in [-0.15, -0.1) is 0 Å². The number of hydrogen-bond donors (Lipinski definition) is 2. The number of benzene rings is 1. The van der Waals surface area contributed by atoms with Crippen LogP contribution in [0.2, 0.25) is 0 Å². The molecule has 142 valence electrons. The van der Waals surface area contributed by atoms with Crippen LogP contribution < -0.4 is 10.6 Å². The van der Waals surface area contributed by atoms with Gasteiger partial charge in [-0.05, 0) is 30.3 Å². The number of nitrogens with one attached hydrogen (secondary N) is 2. The van der Waals surface area contributed by atoms with Crippen LogP contribution in [0, 0.1) is 0 Å². The smallest absolute Gasteiger partial charge is 0.251 e. The Morgan fingerprint density at radius 2 is 2.15 bits per heavy atom. The van der Waals surface area contributed by atoms with Crippen molar-refractivity contribution in [2.75, 3.05) is 23.4 Å². The fourth-order valence-electron chi connectivity index (χ4n) is 3.13. The Morgan fingerprint density at radius 3 is 2.93 bits per heavy atom. The molecule has 1 amide bonds. The summed E-state index contributed by atoms with van der Waals surface area (Å²) >= 11 is 1.45. The first-order valence-corrected chi connectivity index (χ1v) is 11.3. The van der Waals surface area contributed by atoms with Crippen LogP contribution in [0.5, 0.6) is 0 Å². The predicted octanol–water partition coefficient (Wildman–Crippen LogP) is 1.93. The molecule has 27 heavy (non-hydrogen) atoms. The van der Waals surface area contributed by atoms with Crippen molar-refractivity contribution in [2.24, 2.45) is 4.99 Å². The van der Waals surface area contributed by atoms with Gasteiger partial charge in [-0.2, -0.15) is 0 Å². The summed E-state index contributed by atoms with van der Waals surface area (Å²) in [4.78, 5) is 16.8. The van der Waals surface area contributed by atoms with Crippen molar-refractivity contribution >= 4 is 38.4 Å². The number of amidine groups is 1. The highest BCUT2D eigenvalue weighted by Gasteiger charge is 2.42. The highest BCUT2D eigenvalue weighted by molar-refractivity contribution is 8.15. The molecule has 0 radical (unpaired) electrons. The number of amides is 1. The number of hydrogen-bond acceptors (Lipinski definition) is 7. The molecule has 1 aromatic heterocycles. The number of rotatable bonds is 5. The van der Waals surface area contributed by atoms with Crippen molar-refractivity contribution in [3.05, 3.63) is 54.0 Å². The Bertz CT molecular complexity index is 970. The molecule has 2 aliphatic rings. The maximum atomic E-state index is 12.3. The van der Waals surface area contributed by atoms with Crippen molar-refractivity contribution in [1.29, 1.82) is 0 Å². The van der Waals surface area contributed by atoms with Crippen LogP contribution in [0.3, 0.4) is 0 Å². The Balaban J connectivity index is 1.34. The maximum absolute atomic E-state index is 12.3. The maximum Gasteiger partial charge on any atom is 0.251 e. The van der Waals surface area contributed by atoms with Gasteiger partial charge >= 0.3 is 0 Å². The summed E-state index contributed by atoms with van der Waals surface area (Å²) in [6, 6.07) is 10.7. The van der Waals surface area contributed by atoms with Crippen LogP contribution in [0.1, 0.15) is 16.1 Å². The fourth-order valence-corrected chi connectivity index (χ4v) is 6.81. The third-order valence-corrected chi connectivity index (χ3v) is 7.57. The average molecular weight is 406 g/mol. The predicted molar refractivity (Wildman–Crippen MR) is 106 cm³/mol. The first-order chi connectivity index (χ1) is 13.0. The first-order valence-electron chi connectivity index (χ1n) is 8.61. The van der Waals surface area contributed by atoms with Crippen molar-refractivity contribution in [2.45, 2.75) is 17.7 Å². The number of furan rings is 1. The molecular formula is C18H19N3O4S2. The molecule has 1 aromatic carbocycles. The summed E-state index contributed by atoms with van der Waals surface area (Å²) in [5.41, 5.74) is 1.30. The molecule has 0 spiro atoms. The molecule has 3 heterocycles. The first kappa shape index (κ1) is 18.1. The van der Waals surface area contributed by atoms with E-state index in [1.807, 2.05) is 18.2 Å². The lowest BCUT2D eigenvalue weighted by atomic mass is 10.2. The number of sulfone groups is 1. The molecule has 0 bridgehead atoms. The van der Waals surface area contributed by atoms with E-state index >= 15 is 0 Å². The minimum absolute atomic E-state index is 0.00872. The highest BCUT2D eigenvalue weighted by Crippen LogP contribution is 2.34. The summed E-state index contributed by atoms with van der Waals surface area (Å²) < 4.78 is 28.5. The van der Waals surface area contributed by atoms with E-state index in [4.69, 9.17) is 4.42 Å². The van der Waals surface area contributed by atoms with Crippen molar-refractivity contribution in [3.8, 4) is 0 Å². The van der Waals surface area contributed by atoms with Gasteiger partial charge in [0.1, 0.15) is 5.76 Å². The fraction of sp³-hybridized carbons (Fsp3) is 0.333. The minimum Gasteiger partial charge on any atom is -0.469 e. The topological polar surface area (TPSA) is 101 Å². The zero-order valence-corrected chi connectivity index (χ0v) is 16.1. The Morgan fingerprint density at radius 1 is 1.26 bits per heavy atom. The average Bonchev–Trinajstić information content (AvgIpc) is 3.30. The molecule has 4 rings (SSSR count). The molecule has 1 fully saturated rings. The minimum atomic E-state index is -2.96. The van der Waals surface area contributed by atoms with Gasteiger partial charge in [-0.1, -0.05) is 17.8 Å². The van der Waals surface area contributed by atoms with Crippen LogP contribution >= 0.6 is 11.8 Å². The monoisotopic (exact) mass is 405 g/mol. The van der Waals surface area contributed by atoms with Crippen molar-refractivity contribution in [3.63, 3.8) is 0 Å². The molecule has 0 aliphatic carbocycles. The molecule has 0 saturated carbocycles. The standard InChI is InChI=1S/C18H19N3O4S2/c22-17(19-7-6-14-5-2-8-25-14)12-3-1-4-13(9-12)20-18-21-15-10-27(23,24)11-16(15)26-18/h1-5,8-9,15-16H,6-7,10-11H2,(H,19,22)(H,20,21)/t15-,16-/m0/s1. The second-order valence-electron chi connectivity index (χ2n) is 6.53. The molecule has 0 unspecified atom stereocenters. The number of aliphatic imine (C=N–C) groups is 1. The largest absolute Gasteiger partial charge is 0.469 e. The molecule has 7 nitrogen and oxygen atoms in total. The zero-order chi connectivity index (χ0) is 18.9. The number of thioether (sulfide) groups is 1. The van der Waals surface area contributed by atoms with Gasteiger partial charge in [0.2, 0.25) is 0 Å². The number of nitrogens with zero attached hydrogens (tertiary/aromatic N) is 1. The lowest BCUT2D eigenvalue weighted by Crippen LogP contribution is -2.25. The van der Waals surface area contributed by atoms with Crippen LogP contribution in [0.25, 0.3) is 0 Å². The van der Waals surface area contributed by atoms with Gasteiger partial charge in [0.25, 0.3) is 5.91 Å². The second-order valence-corrected chi connectivity index (χ2v) is 9.91. The van der Waals surface area contributed by atoms with E-state index in [2.05, 4.69) is 15.6 Å². The molecule has 2 atom stereocenters. The summed E-state index contributed by atoms with van der Waals surface area (Å²) in [6.07, 6.45) is 2.25. The SMILES string of the molecule is O=C(NCCc1ccco1)c1cccc(NC2=N[C@H]3CS(=O)(=O)C[C@@H]3S2)c1. The highest BCUT2D eigenvalue weighted by atomic mass is 32.2. The lowest BCUT2D eigenvalue weighted by molar-refractivity contribution is 0.0953. The van der Waals surface area contributed by atoms with E-state index in [9.17, 15) is 13.2 Å². The summed E-state index contributed by atoms with van der Waals surface area (Å²) in [6.45, 7) is 0.490. The number of carbonyl (C=O) groups excluding carboxylic acids is 1. The molecule has 9 heteroatoms. The lowest BCUT2D eigenvalue weighted by Gasteiger charge is -2.09. The van der Waals surface area contributed by atoms with E-state index in [1.54, 1.807) is 24.5 Å². The second kappa shape index (κ2) is 7.40. The summed E-state index contributed by atoms with van der Waals surface area (Å²) in [5.74, 6) is 0.965. The number of anilines is 1. The van der Waals surface area contributed by atoms with Gasteiger partial charge in [-0.25, -0.2) is 8.42 Å². The van der Waals surface area contributed by atoms with E-state index in [0.29, 0.717) is 23.7 Å². The third kappa shape index (κ3) is 4.36. The van der Waals surface area contributed by atoms with Crippen LogP contribution in [0.15, 0.2) is 52.1 Å². The summed E-state index contributed by atoms with van der Waals surface area (Å²) in [5, 5.41) is 6.76. The van der Waals surface area contributed by atoms with Crippen LogP contribution in [-0.4, -0.2) is 48.8 Å². The normalized spacial score (nSPS) is 22.9. The van der Waals surface area contributed by atoms with Crippen molar-refractivity contribution in [1.82, 2.24) is 5.32 Å². The Kier molecular flexibility index (Phi) is 4.96. The third-order valence-electron chi connectivity index (χ3n) is 4.43. The molecule has 1 saturated heterocycles. The molecule has 2 aliphatic heterocycles. The number of fused-ring (bicyclic) bond motifs is 1. The number of carbonyl (C=O) groups is 1.